The molecule has 2 rings (SSSR count). The zero-order valence-corrected chi connectivity index (χ0v) is 13.4. The summed E-state index contributed by atoms with van der Waals surface area (Å²) < 4.78 is 27.0. The first-order valence-corrected chi connectivity index (χ1v) is 8.64. The molecule has 0 bridgehead atoms. The molecule has 1 aromatic rings. The number of piperidine rings is 1. The average Bonchev–Trinajstić information content (AvgIpc) is 2.38. The van der Waals surface area contributed by atoms with Gasteiger partial charge in [-0.2, -0.15) is 4.31 Å². The van der Waals surface area contributed by atoms with Crippen molar-refractivity contribution in [1.82, 2.24) is 4.31 Å². The Morgan fingerprint density at radius 3 is 2.75 bits per heavy atom. The largest absolute Gasteiger partial charge is 0.330 e. The van der Waals surface area contributed by atoms with Crippen molar-refractivity contribution in [3.8, 4) is 0 Å². The lowest BCUT2D eigenvalue weighted by Crippen LogP contribution is -2.45. The van der Waals surface area contributed by atoms with Crippen LogP contribution in [0, 0.1) is 18.8 Å². The second-order valence-electron chi connectivity index (χ2n) is 5.53. The third kappa shape index (κ3) is 3.01. The number of aryl methyl sites for hydroxylation is 1. The zero-order chi connectivity index (χ0) is 14.9. The van der Waals surface area contributed by atoms with E-state index in [1.54, 1.807) is 29.4 Å². The quantitative estimate of drug-likeness (QED) is 0.930. The van der Waals surface area contributed by atoms with Crippen molar-refractivity contribution in [2.75, 3.05) is 19.6 Å². The first-order valence-electron chi connectivity index (χ1n) is 6.82. The molecule has 6 heteroatoms. The first-order chi connectivity index (χ1) is 9.36. The van der Waals surface area contributed by atoms with Gasteiger partial charge in [-0.1, -0.05) is 18.5 Å². The molecule has 1 aliphatic rings. The number of benzene rings is 1. The second-order valence-corrected chi connectivity index (χ2v) is 7.88. The van der Waals surface area contributed by atoms with Crippen LogP contribution in [-0.4, -0.2) is 32.4 Å². The molecule has 112 valence electrons. The molecule has 2 unspecified atom stereocenters. The second kappa shape index (κ2) is 6.02. The Morgan fingerprint density at radius 1 is 1.45 bits per heavy atom. The third-order valence-corrected chi connectivity index (χ3v) is 6.39. The SMILES string of the molecule is Cc1cc(Cl)ccc1S(=O)(=O)N1CCC(C)C(CN)C1. The molecule has 1 heterocycles. The van der Waals surface area contributed by atoms with Gasteiger partial charge >= 0.3 is 0 Å². The van der Waals surface area contributed by atoms with Gasteiger partial charge in [-0.25, -0.2) is 8.42 Å². The fourth-order valence-electron chi connectivity index (χ4n) is 2.68. The van der Waals surface area contributed by atoms with Crippen molar-refractivity contribution in [3.63, 3.8) is 0 Å². The third-order valence-electron chi connectivity index (χ3n) is 4.13. The highest BCUT2D eigenvalue weighted by Gasteiger charge is 2.33. The van der Waals surface area contributed by atoms with Crippen LogP contribution in [0.15, 0.2) is 23.1 Å². The van der Waals surface area contributed by atoms with Gasteiger partial charge in [0, 0.05) is 18.1 Å². The summed E-state index contributed by atoms with van der Waals surface area (Å²) in [7, 11) is -3.46. The number of rotatable bonds is 3. The molecule has 1 fully saturated rings. The molecule has 2 N–H and O–H groups in total. The van der Waals surface area contributed by atoms with E-state index >= 15 is 0 Å². The number of nitrogens with zero attached hydrogens (tertiary/aromatic N) is 1. The van der Waals surface area contributed by atoms with Gasteiger partial charge < -0.3 is 5.73 Å². The lowest BCUT2D eigenvalue weighted by molar-refractivity contribution is 0.203. The van der Waals surface area contributed by atoms with Crippen LogP contribution in [0.2, 0.25) is 5.02 Å². The van der Waals surface area contributed by atoms with Gasteiger partial charge in [0.2, 0.25) is 10.0 Å². The van der Waals surface area contributed by atoms with E-state index in [0.29, 0.717) is 41.0 Å². The number of hydrogen-bond acceptors (Lipinski definition) is 3. The summed E-state index contributed by atoms with van der Waals surface area (Å²) in [4.78, 5) is 0.340. The van der Waals surface area contributed by atoms with Crippen LogP contribution in [0.25, 0.3) is 0 Å². The van der Waals surface area contributed by atoms with Crippen LogP contribution in [0.4, 0.5) is 0 Å². The Bertz CT molecular complexity index is 589. The van der Waals surface area contributed by atoms with E-state index in [4.69, 9.17) is 17.3 Å². The standard InChI is InChI=1S/C14H21ClN2O2S/c1-10-5-6-17(9-12(10)8-16)20(18,19)14-4-3-13(15)7-11(14)2/h3-4,7,10,12H,5-6,8-9,16H2,1-2H3. The highest BCUT2D eigenvalue weighted by molar-refractivity contribution is 7.89. The van der Waals surface area contributed by atoms with Crippen LogP contribution in [0.3, 0.4) is 0 Å². The molecule has 0 amide bonds. The van der Waals surface area contributed by atoms with Crippen molar-refractivity contribution < 1.29 is 8.42 Å². The Morgan fingerprint density at radius 2 is 2.15 bits per heavy atom. The smallest absolute Gasteiger partial charge is 0.243 e. The average molecular weight is 317 g/mol. The monoisotopic (exact) mass is 316 g/mol. The Labute approximate surface area is 126 Å². The highest BCUT2D eigenvalue weighted by atomic mass is 35.5. The van der Waals surface area contributed by atoms with E-state index in [2.05, 4.69) is 6.92 Å². The summed E-state index contributed by atoms with van der Waals surface area (Å²) in [5, 5.41) is 0.550. The Kier molecular flexibility index (Phi) is 4.74. The highest BCUT2D eigenvalue weighted by Crippen LogP contribution is 2.29. The number of hydrogen-bond donors (Lipinski definition) is 1. The predicted molar refractivity (Wildman–Crippen MR) is 81.3 cm³/mol. The molecule has 2 atom stereocenters. The minimum atomic E-state index is -3.46. The predicted octanol–water partition coefficient (Wildman–Crippen LogP) is 2.25. The van der Waals surface area contributed by atoms with Crippen LogP contribution in [-0.2, 0) is 10.0 Å². The van der Waals surface area contributed by atoms with E-state index < -0.39 is 10.0 Å². The minimum absolute atomic E-state index is 0.228. The maximum Gasteiger partial charge on any atom is 0.243 e. The Hall–Kier alpha value is -0.620. The fraction of sp³-hybridized carbons (Fsp3) is 0.571. The van der Waals surface area contributed by atoms with Crippen molar-refractivity contribution in [3.05, 3.63) is 28.8 Å². The lowest BCUT2D eigenvalue weighted by Gasteiger charge is -2.35. The molecule has 0 saturated carbocycles. The zero-order valence-electron chi connectivity index (χ0n) is 11.8. The maximum atomic E-state index is 12.7. The number of sulfonamides is 1. The molecule has 1 aromatic carbocycles. The fourth-order valence-corrected chi connectivity index (χ4v) is 4.63. The van der Waals surface area contributed by atoms with Gasteiger partial charge in [-0.3, -0.25) is 0 Å². The van der Waals surface area contributed by atoms with Crippen molar-refractivity contribution >= 4 is 21.6 Å². The summed E-state index contributed by atoms with van der Waals surface area (Å²) in [6.45, 7) is 5.48. The van der Waals surface area contributed by atoms with Gasteiger partial charge in [0.25, 0.3) is 0 Å². The molecule has 20 heavy (non-hydrogen) atoms. The Balaban J connectivity index is 2.31. The lowest BCUT2D eigenvalue weighted by atomic mass is 9.88. The summed E-state index contributed by atoms with van der Waals surface area (Å²) >= 11 is 5.89. The van der Waals surface area contributed by atoms with Crippen LogP contribution >= 0.6 is 11.6 Å². The van der Waals surface area contributed by atoms with Crippen molar-refractivity contribution in [2.24, 2.45) is 17.6 Å². The van der Waals surface area contributed by atoms with E-state index in [1.165, 1.54) is 0 Å². The summed E-state index contributed by atoms with van der Waals surface area (Å²) in [5.41, 5.74) is 6.43. The normalized spacial score (nSPS) is 24.8. The van der Waals surface area contributed by atoms with Crippen LogP contribution in [0.1, 0.15) is 18.9 Å². The molecular formula is C14H21ClN2O2S. The van der Waals surface area contributed by atoms with E-state index in [1.807, 2.05) is 0 Å². The topological polar surface area (TPSA) is 63.4 Å². The van der Waals surface area contributed by atoms with Gasteiger partial charge in [-0.15, -0.1) is 0 Å². The number of halogens is 1. The van der Waals surface area contributed by atoms with E-state index in [9.17, 15) is 8.42 Å². The van der Waals surface area contributed by atoms with Crippen LogP contribution in [0.5, 0.6) is 0 Å². The molecule has 0 radical (unpaired) electrons. The van der Waals surface area contributed by atoms with Gasteiger partial charge in [0.05, 0.1) is 4.90 Å². The van der Waals surface area contributed by atoms with Crippen molar-refractivity contribution in [2.45, 2.75) is 25.2 Å². The summed E-state index contributed by atoms with van der Waals surface area (Å²) in [6, 6.07) is 4.89. The molecule has 0 aromatic heterocycles. The van der Waals surface area contributed by atoms with E-state index in [0.717, 1.165) is 6.42 Å². The minimum Gasteiger partial charge on any atom is -0.330 e. The maximum absolute atomic E-state index is 12.7. The summed E-state index contributed by atoms with van der Waals surface area (Å²) in [6.07, 6.45) is 0.855. The van der Waals surface area contributed by atoms with Gasteiger partial charge in [0.15, 0.2) is 0 Å². The molecule has 4 nitrogen and oxygen atoms in total. The first kappa shape index (κ1) is 15.8. The number of nitrogens with two attached hydrogens (primary N) is 1. The molecule has 0 spiro atoms. The molecule has 1 aliphatic heterocycles. The van der Waals surface area contributed by atoms with E-state index in [-0.39, 0.29) is 5.92 Å². The van der Waals surface area contributed by atoms with Crippen LogP contribution < -0.4 is 5.73 Å². The molecule has 1 saturated heterocycles. The van der Waals surface area contributed by atoms with Gasteiger partial charge in [0.1, 0.15) is 0 Å². The van der Waals surface area contributed by atoms with Crippen molar-refractivity contribution in [1.29, 1.82) is 0 Å². The van der Waals surface area contributed by atoms with Gasteiger partial charge in [-0.05, 0) is 55.5 Å². The molecule has 0 aliphatic carbocycles. The summed E-state index contributed by atoms with van der Waals surface area (Å²) in [5.74, 6) is 0.698. The molecular weight excluding hydrogens is 296 g/mol.